The highest BCUT2D eigenvalue weighted by molar-refractivity contribution is 5.27. The molecule has 0 aliphatic rings. The molecule has 0 heterocycles. The normalized spacial score (nSPS) is 15.1. The van der Waals surface area contributed by atoms with Gasteiger partial charge in [-0.3, -0.25) is 0 Å². The minimum Gasteiger partial charge on any atom is -0.385 e. The topological polar surface area (TPSA) is 21.3 Å². The van der Waals surface area contributed by atoms with E-state index in [0.29, 0.717) is 6.61 Å². The van der Waals surface area contributed by atoms with E-state index in [-0.39, 0.29) is 12.0 Å². The van der Waals surface area contributed by atoms with Crippen LogP contribution >= 0.6 is 0 Å². The van der Waals surface area contributed by atoms with E-state index in [9.17, 15) is 13.2 Å². The van der Waals surface area contributed by atoms with Crippen LogP contribution in [0.5, 0.6) is 0 Å². The van der Waals surface area contributed by atoms with Gasteiger partial charge in [-0.05, 0) is 36.6 Å². The van der Waals surface area contributed by atoms with Gasteiger partial charge < -0.3 is 10.1 Å². The van der Waals surface area contributed by atoms with E-state index in [1.54, 1.807) is 19.2 Å². The summed E-state index contributed by atoms with van der Waals surface area (Å²) < 4.78 is 42.7. The lowest BCUT2D eigenvalue weighted by Crippen LogP contribution is -2.27. The van der Waals surface area contributed by atoms with Gasteiger partial charge in [0.15, 0.2) is 0 Å². The molecule has 2 nitrogen and oxygen atoms in total. The predicted molar refractivity (Wildman–Crippen MR) is 73.5 cm³/mol. The highest BCUT2D eigenvalue weighted by Crippen LogP contribution is 2.31. The van der Waals surface area contributed by atoms with Crippen molar-refractivity contribution in [1.82, 2.24) is 5.32 Å². The Morgan fingerprint density at radius 2 is 1.80 bits per heavy atom. The van der Waals surface area contributed by atoms with Gasteiger partial charge in [0.1, 0.15) is 0 Å². The minimum atomic E-state index is -4.28. The molecule has 2 unspecified atom stereocenters. The maximum Gasteiger partial charge on any atom is 0.416 e. The van der Waals surface area contributed by atoms with Gasteiger partial charge in [-0.25, -0.2) is 0 Å². The Kier molecular flexibility index (Phi) is 6.49. The zero-order valence-electron chi connectivity index (χ0n) is 12.1. The van der Waals surface area contributed by atoms with Crippen molar-refractivity contribution in [2.45, 2.75) is 32.5 Å². The van der Waals surface area contributed by atoms with Crippen molar-refractivity contribution in [3.8, 4) is 0 Å². The molecule has 1 rings (SSSR count). The number of rotatable bonds is 7. The lowest BCUT2D eigenvalue weighted by Gasteiger charge is -2.25. The number of benzene rings is 1. The summed E-state index contributed by atoms with van der Waals surface area (Å²) >= 11 is 0. The third-order valence-electron chi connectivity index (χ3n) is 3.37. The monoisotopic (exact) mass is 289 g/mol. The van der Waals surface area contributed by atoms with Gasteiger partial charge in [0.25, 0.3) is 0 Å². The molecule has 0 fully saturated rings. The van der Waals surface area contributed by atoms with Crippen molar-refractivity contribution in [2.75, 3.05) is 20.3 Å². The van der Waals surface area contributed by atoms with Gasteiger partial charge in [0.05, 0.1) is 5.56 Å². The molecular formula is C15H22F3NO. The van der Waals surface area contributed by atoms with Crippen LogP contribution in [0.4, 0.5) is 13.2 Å². The number of halogens is 3. The van der Waals surface area contributed by atoms with Crippen LogP contribution in [-0.2, 0) is 10.9 Å². The lowest BCUT2D eigenvalue weighted by atomic mass is 9.91. The smallest absolute Gasteiger partial charge is 0.385 e. The summed E-state index contributed by atoms with van der Waals surface area (Å²) in [6, 6.07) is 5.43. The van der Waals surface area contributed by atoms with Gasteiger partial charge in [0.2, 0.25) is 0 Å². The van der Waals surface area contributed by atoms with E-state index in [1.807, 2.05) is 6.92 Å². The molecule has 2 atom stereocenters. The van der Waals surface area contributed by atoms with Crippen molar-refractivity contribution in [3.05, 3.63) is 35.4 Å². The highest BCUT2D eigenvalue weighted by Gasteiger charge is 2.30. The number of alkyl halides is 3. The first-order valence-corrected chi connectivity index (χ1v) is 6.79. The number of nitrogens with one attached hydrogen (secondary N) is 1. The Labute approximate surface area is 118 Å². The second-order valence-electron chi connectivity index (χ2n) is 4.91. The first-order valence-electron chi connectivity index (χ1n) is 6.79. The molecule has 1 aromatic carbocycles. The van der Waals surface area contributed by atoms with Crippen molar-refractivity contribution in [1.29, 1.82) is 0 Å². The zero-order chi connectivity index (χ0) is 15.2. The van der Waals surface area contributed by atoms with E-state index < -0.39 is 11.7 Å². The first kappa shape index (κ1) is 17.0. The number of ether oxygens (including phenoxy) is 1. The van der Waals surface area contributed by atoms with E-state index in [2.05, 4.69) is 12.2 Å². The molecule has 1 N–H and O–H groups in total. The van der Waals surface area contributed by atoms with Gasteiger partial charge in [-0.1, -0.05) is 26.0 Å². The van der Waals surface area contributed by atoms with Crippen molar-refractivity contribution in [3.63, 3.8) is 0 Å². The largest absolute Gasteiger partial charge is 0.416 e. The molecule has 0 radical (unpaired) electrons. The molecular weight excluding hydrogens is 267 g/mol. The number of methoxy groups -OCH3 is 1. The summed E-state index contributed by atoms with van der Waals surface area (Å²) in [5.41, 5.74) is 0.268. The Hall–Kier alpha value is -1.07. The van der Waals surface area contributed by atoms with Crippen LogP contribution in [-0.4, -0.2) is 20.3 Å². The summed E-state index contributed by atoms with van der Waals surface area (Å²) in [7, 11) is 1.65. The van der Waals surface area contributed by atoms with Crippen LogP contribution in [0, 0.1) is 5.92 Å². The van der Waals surface area contributed by atoms with E-state index in [1.165, 1.54) is 0 Å². The van der Waals surface area contributed by atoms with Crippen LogP contribution in [0.2, 0.25) is 0 Å². The van der Waals surface area contributed by atoms with Crippen LogP contribution in [0.1, 0.15) is 37.4 Å². The van der Waals surface area contributed by atoms with Crippen molar-refractivity contribution < 1.29 is 17.9 Å². The molecule has 0 aliphatic heterocycles. The molecule has 1 aromatic rings. The maximum atomic E-state index is 12.6. The highest BCUT2D eigenvalue weighted by atomic mass is 19.4. The second kappa shape index (κ2) is 7.64. The predicted octanol–water partition coefficient (Wildman–Crippen LogP) is 4.03. The molecule has 20 heavy (non-hydrogen) atoms. The van der Waals surface area contributed by atoms with Crippen LogP contribution in [0.3, 0.4) is 0 Å². The van der Waals surface area contributed by atoms with Gasteiger partial charge in [-0.2, -0.15) is 13.2 Å². The quantitative estimate of drug-likeness (QED) is 0.818. The molecule has 0 saturated carbocycles. The van der Waals surface area contributed by atoms with Crippen LogP contribution < -0.4 is 5.32 Å². The van der Waals surface area contributed by atoms with Gasteiger partial charge >= 0.3 is 6.18 Å². The molecule has 0 aliphatic carbocycles. The van der Waals surface area contributed by atoms with Crippen molar-refractivity contribution in [2.24, 2.45) is 5.92 Å². The average Bonchev–Trinajstić information content (AvgIpc) is 2.41. The Morgan fingerprint density at radius 1 is 1.20 bits per heavy atom. The Balaban J connectivity index is 2.86. The second-order valence-corrected chi connectivity index (χ2v) is 4.91. The molecule has 0 saturated heterocycles. The zero-order valence-corrected chi connectivity index (χ0v) is 12.1. The lowest BCUT2D eigenvalue weighted by molar-refractivity contribution is -0.137. The summed E-state index contributed by atoms with van der Waals surface area (Å²) in [4.78, 5) is 0. The Morgan fingerprint density at radius 3 is 2.25 bits per heavy atom. The molecule has 5 heteroatoms. The van der Waals surface area contributed by atoms with Crippen molar-refractivity contribution >= 4 is 0 Å². The molecule has 0 spiro atoms. The fourth-order valence-electron chi connectivity index (χ4n) is 2.22. The van der Waals surface area contributed by atoms with E-state index in [4.69, 9.17) is 4.74 Å². The third kappa shape index (κ3) is 4.80. The fraction of sp³-hybridized carbons (Fsp3) is 0.600. The fourth-order valence-corrected chi connectivity index (χ4v) is 2.22. The van der Waals surface area contributed by atoms with E-state index >= 15 is 0 Å². The summed E-state index contributed by atoms with van der Waals surface area (Å²) in [6.45, 7) is 5.47. The molecule has 0 amide bonds. The number of hydrogen-bond acceptors (Lipinski definition) is 2. The van der Waals surface area contributed by atoms with Gasteiger partial charge in [-0.15, -0.1) is 0 Å². The standard InChI is InChI=1S/C15H22F3NO/c1-4-19-14(11(2)9-10-20-3)12-5-7-13(8-6-12)15(16,17)18/h5-8,11,14,19H,4,9-10H2,1-3H3. The first-order chi connectivity index (χ1) is 9.40. The maximum absolute atomic E-state index is 12.6. The van der Waals surface area contributed by atoms with E-state index in [0.717, 1.165) is 30.7 Å². The number of hydrogen-bond donors (Lipinski definition) is 1. The van der Waals surface area contributed by atoms with Crippen LogP contribution in [0.25, 0.3) is 0 Å². The molecule has 0 aromatic heterocycles. The minimum absolute atomic E-state index is 0.0393. The molecule has 0 bridgehead atoms. The third-order valence-corrected chi connectivity index (χ3v) is 3.37. The SMILES string of the molecule is CCNC(c1ccc(C(F)(F)F)cc1)C(C)CCOC. The Bertz CT molecular complexity index is 389. The summed E-state index contributed by atoms with van der Waals surface area (Å²) in [5.74, 6) is 0.284. The van der Waals surface area contributed by atoms with Crippen LogP contribution in [0.15, 0.2) is 24.3 Å². The molecule has 114 valence electrons. The van der Waals surface area contributed by atoms with Gasteiger partial charge in [0, 0.05) is 19.8 Å². The summed E-state index contributed by atoms with van der Waals surface area (Å²) in [6.07, 6.45) is -3.43. The average molecular weight is 289 g/mol. The summed E-state index contributed by atoms with van der Waals surface area (Å²) in [5, 5.41) is 3.33.